The maximum absolute atomic E-state index is 12.8. The fraction of sp³-hybridized carbons (Fsp3) is 0. The zero-order valence-electron chi connectivity index (χ0n) is 6.10. The van der Waals surface area contributed by atoms with E-state index < -0.39 is 17.5 Å². The maximum Gasteiger partial charge on any atom is 0.254 e. The summed E-state index contributed by atoms with van der Waals surface area (Å²) in [6, 6.07) is 2.64. The Labute approximate surface area is 68.2 Å². The summed E-state index contributed by atoms with van der Waals surface area (Å²) in [4.78, 5) is 10.8. The van der Waals surface area contributed by atoms with Crippen molar-refractivity contribution in [1.82, 2.24) is 5.32 Å². The highest BCUT2D eigenvalue weighted by Gasteiger charge is 2.10. The summed E-state index contributed by atoms with van der Waals surface area (Å²) in [6.45, 7) is 0. The first-order valence-corrected chi connectivity index (χ1v) is 3.17. The lowest BCUT2D eigenvalue weighted by Gasteiger charge is -2.00. The Kier molecular flexibility index (Phi) is 2.38. The summed E-state index contributed by atoms with van der Waals surface area (Å²) in [7, 11) is 3.04. The van der Waals surface area contributed by atoms with Gasteiger partial charge in [0.2, 0.25) is 0 Å². The zero-order chi connectivity index (χ0) is 9.14. The van der Waals surface area contributed by atoms with Crippen LogP contribution in [0.2, 0.25) is 0 Å². The third-order valence-electron chi connectivity index (χ3n) is 1.33. The van der Waals surface area contributed by atoms with Crippen LogP contribution in [-0.4, -0.2) is 5.91 Å². The van der Waals surface area contributed by atoms with Crippen molar-refractivity contribution in [2.24, 2.45) is 0 Å². The topological polar surface area (TPSA) is 29.1 Å². The van der Waals surface area contributed by atoms with Crippen molar-refractivity contribution in [3.8, 4) is 0 Å². The fourth-order valence-corrected chi connectivity index (χ4v) is 0.767. The first kappa shape index (κ1) is 8.64. The summed E-state index contributed by atoms with van der Waals surface area (Å²) >= 11 is 0. The lowest BCUT2D eigenvalue weighted by atomic mass is 10.2. The number of carbonyl (C=O) groups is 1. The molecule has 0 saturated heterocycles. The number of hydrogen-bond donors (Lipinski definition) is 1. The molecule has 1 N–H and O–H groups in total. The number of halogens is 2. The summed E-state index contributed by atoms with van der Waals surface area (Å²) in [5.41, 5.74) is -0.343. The highest BCUT2D eigenvalue weighted by Crippen LogP contribution is 2.08. The van der Waals surface area contributed by atoms with E-state index >= 15 is 0 Å². The number of amides is 1. The molecule has 2 nitrogen and oxygen atoms in total. The van der Waals surface area contributed by atoms with E-state index in [9.17, 15) is 13.6 Å². The molecule has 1 amide bonds. The number of nitrogens with one attached hydrogen (secondary N) is 1. The molecule has 0 fully saturated rings. The van der Waals surface area contributed by atoms with Crippen molar-refractivity contribution in [2.45, 2.75) is 0 Å². The molecule has 12 heavy (non-hydrogen) atoms. The fourth-order valence-electron chi connectivity index (χ4n) is 0.767. The lowest BCUT2D eigenvalue weighted by Crippen LogP contribution is -2.17. The van der Waals surface area contributed by atoms with E-state index in [2.05, 4.69) is 7.05 Å². The van der Waals surface area contributed by atoms with Gasteiger partial charge < -0.3 is 5.32 Å². The number of carbonyl (C=O) groups excluding carboxylic acids is 1. The van der Waals surface area contributed by atoms with Crippen molar-refractivity contribution in [3.05, 3.63) is 42.4 Å². The van der Waals surface area contributed by atoms with Gasteiger partial charge in [0, 0.05) is 7.05 Å². The van der Waals surface area contributed by atoms with Gasteiger partial charge in [-0.2, -0.15) is 0 Å². The van der Waals surface area contributed by atoms with Gasteiger partial charge in [-0.3, -0.25) is 4.79 Å². The lowest BCUT2D eigenvalue weighted by molar-refractivity contribution is 0.0964. The van der Waals surface area contributed by atoms with Crippen LogP contribution >= 0.6 is 0 Å². The van der Waals surface area contributed by atoms with E-state index in [1.165, 1.54) is 0 Å². The van der Waals surface area contributed by atoms with E-state index in [4.69, 9.17) is 0 Å². The summed E-state index contributed by atoms with van der Waals surface area (Å²) < 4.78 is 25.2. The zero-order valence-corrected chi connectivity index (χ0v) is 6.10. The second kappa shape index (κ2) is 3.30. The van der Waals surface area contributed by atoms with Gasteiger partial charge in [-0.05, 0) is 18.2 Å². The molecule has 4 heteroatoms. The Hall–Kier alpha value is -1.45. The van der Waals surface area contributed by atoms with Crippen LogP contribution in [0.5, 0.6) is 0 Å². The van der Waals surface area contributed by atoms with E-state index in [-0.39, 0.29) is 5.56 Å². The summed E-state index contributed by atoms with van der Waals surface area (Å²) in [6.07, 6.45) is 0. The average Bonchev–Trinajstić information content (AvgIpc) is 2.08. The van der Waals surface area contributed by atoms with Crippen LogP contribution in [-0.2, 0) is 0 Å². The highest BCUT2D eigenvalue weighted by atomic mass is 19.1. The predicted molar refractivity (Wildman–Crippen MR) is 39.2 cm³/mol. The van der Waals surface area contributed by atoms with Crippen molar-refractivity contribution in [3.63, 3.8) is 0 Å². The smallest absolute Gasteiger partial charge is 0.254 e. The third-order valence-corrected chi connectivity index (χ3v) is 1.33. The van der Waals surface area contributed by atoms with Gasteiger partial charge in [-0.1, -0.05) is 0 Å². The van der Waals surface area contributed by atoms with Gasteiger partial charge in [0.25, 0.3) is 5.91 Å². The molecule has 1 radical (unpaired) electrons. The summed E-state index contributed by atoms with van der Waals surface area (Å²) in [5, 5.41) is 1.95. The molecular formula is C8H6F2NO. The van der Waals surface area contributed by atoms with Crippen LogP contribution in [0.25, 0.3) is 0 Å². The molecule has 1 aromatic carbocycles. The minimum absolute atomic E-state index is 0.343. The molecule has 0 spiro atoms. The predicted octanol–water partition coefficient (Wildman–Crippen LogP) is 1.49. The molecule has 0 aliphatic heterocycles. The minimum Gasteiger partial charge on any atom is -0.350 e. The second-order valence-corrected chi connectivity index (χ2v) is 2.13. The Morgan fingerprint density at radius 1 is 1.42 bits per heavy atom. The monoisotopic (exact) mass is 170 g/mol. The average molecular weight is 170 g/mol. The normalized spacial score (nSPS) is 9.58. The largest absolute Gasteiger partial charge is 0.350 e. The molecule has 0 atom stereocenters. The quantitative estimate of drug-likeness (QED) is 0.679. The first-order chi connectivity index (χ1) is 5.65. The highest BCUT2D eigenvalue weighted by molar-refractivity contribution is 5.94. The van der Waals surface area contributed by atoms with Crippen molar-refractivity contribution in [2.75, 3.05) is 0 Å². The Balaban J connectivity index is 3.13. The van der Waals surface area contributed by atoms with Crippen LogP contribution in [0.1, 0.15) is 10.4 Å². The van der Waals surface area contributed by atoms with Crippen molar-refractivity contribution >= 4 is 5.91 Å². The van der Waals surface area contributed by atoms with Gasteiger partial charge in [0.1, 0.15) is 11.6 Å². The van der Waals surface area contributed by atoms with E-state index in [1.807, 2.05) is 5.32 Å². The molecule has 0 aromatic heterocycles. The molecule has 0 heterocycles. The van der Waals surface area contributed by atoms with Crippen LogP contribution in [0.15, 0.2) is 18.2 Å². The summed E-state index contributed by atoms with van der Waals surface area (Å²) in [5.74, 6) is -2.17. The molecule has 0 saturated carbocycles. The second-order valence-electron chi connectivity index (χ2n) is 2.13. The maximum atomic E-state index is 12.8. The van der Waals surface area contributed by atoms with E-state index in [0.717, 1.165) is 18.2 Å². The molecule has 0 unspecified atom stereocenters. The van der Waals surface area contributed by atoms with Crippen LogP contribution in [0.3, 0.4) is 0 Å². The standard InChI is InChI=1S/C8H6F2NO/c1-11-8(12)6-4-5(9)2-3-7(6)10/h2-4H,1H2,(H,11,12). The van der Waals surface area contributed by atoms with Gasteiger partial charge in [0.15, 0.2) is 0 Å². The first-order valence-electron chi connectivity index (χ1n) is 3.17. The Bertz CT molecular complexity index is 312. The number of benzene rings is 1. The van der Waals surface area contributed by atoms with Crippen LogP contribution in [0, 0.1) is 18.7 Å². The SMILES string of the molecule is [CH2]NC(=O)c1cc(F)ccc1F. The molecule has 0 aliphatic carbocycles. The van der Waals surface area contributed by atoms with Gasteiger partial charge in [-0.25, -0.2) is 8.78 Å². The molecule has 1 rings (SSSR count). The van der Waals surface area contributed by atoms with Gasteiger partial charge in [0.05, 0.1) is 5.56 Å². The van der Waals surface area contributed by atoms with Crippen molar-refractivity contribution in [1.29, 1.82) is 0 Å². The Morgan fingerprint density at radius 2 is 2.08 bits per heavy atom. The number of hydrogen-bond acceptors (Lipinski definition) is 1. The molecule has 63 valence electrons. The third kappa shape index (κ3) is 1.58. The number of rotatable bonds is 1. The molecule has 0 aliphatic rings. The Morgan fingerprint density at radius 3 is 2.67 bits per heavy atom. The molecular weight excluding hydrogens is 164 g/mol. The van der Waals surface area contributed by atoms with Gasteiger partial charge >= 0.3 is 0 Å². The van der Waals surface area contributed by atoms with E-state index in [0.29, 0.717) is 0 Å². The van der Waals surface area contributed by atoms with Crippen LogP contribution in [0.4, 0.5) is 8.78 Å². The van der Waals surface area contributed by atoms with Gasteiger partial charge in [-0.15, -0.1) is 0 Å². The minimum atomic E-state index is -0.766. The van der Waals surface area contributed by atoms with E-state index in [1.54, 1.807) is 0 Å². The molecule has 0 bridgehead atoms. The molecule has 1 aromatic rings. The van der Waals surface area contributed by atoms with Crippen LogP contribution < -0.4 is 5.32 Å². The van der Waals surface area contributed by atoms with Crippen molar-refractivity contribution < 1.29 is 13.6 Å².